The van der Waals surface area contributed by atoms with Gasteiger partial charge in [0.1, 0.15) is 0 Å². The number of thioether (sulfide) groups is 1. The van der Waals surface area contributed by atoms with Crippen LogP contribution in [0.1, 0.15) is 6.92 Å². The van der Waals surface area contributed by atoms with Crippen molar-refractivity contribution in [1.29, 1.82) is 0 Å². The van der Waals surface area contributed by atoms with Crippen molar-refractivity contribution < 1.29 is 4.79 Å². The van der Waals surface area contributed by atoms with Crippen LogP contribution >= 0.6 is 11.8 Å². The molecule has 0 heterocycles. The molecule has 1 atom stereocenters. The van der Waals surface area contributed by atoms with Gasteiger partial charge in [-0.3, -0.25) is 4.79 Å². The maximum atomic E-state index is 11.1. The van der Waals surface area contributed by atoms with Gasteiger partial charge >= 0.3 is 0 Å². The first-order chi connectivity index (χ1) is 7.24. The van der Waals surface area contributed by atoms with Crippen molar-refractivity contribution in [2.24, 2.45) is 5.73 Å². The van der Waals surface area contributed by atoms with Crippen LogP contribution in [0.3, 0.4) is 0 Å². The molecule has 0 bridgehead atoms. The van der Waals surface area contributed by atoms with Gasteiger partial charge in [0, 0.05) is 10.6 Å². The lowest BCUT2D eigenvalue weighted by Gasteiger charge is -2.13. The molecule has 4 heteroatoms. The van der Waals surface area contributed by atoms with E-state index in [9.17, 15) is 4.79 Å². The van der Waals surface area contributed by atoms with Crippen LogP contribution in [0.4, 0.5) is 0 Å². The number of rotatable bonds is 6. The average molecular weight is 224 g/mol. The molecular weight excluding hydrogens is 208 g/mol. The molecule has 0 saturated carbocycles. The lowest BCUT2D eigenvalue weighted by molar-refractivity contribution is -0.119. The molecule has 1 aromatic rings. The van der Waals surface area contributed by atoms with Gasteiger partial charge < -0.3 is 11.1 Å². The van der Waals surface area contributed by atoms with E-state index in [0.29, 0.717) is 5.75 Å². The van der Waals surface area contributed by atoms with E-state index in [4.69, 9.17) is 5.73 Å². The number of nitrogens with one attached hydrogen (secondary N) is 1. The van der Waals surface area contributed by atoms with Gasteiger partial charge in [0.15, 0.2) is 0 Å². The Morgan fingerprint density at radius 1 is 1.47 bits per heavy atom. The Kier molecular flexibility index (Phi) is 5.21. The largest absolute Gasteiger partial charge is 0.368 e. The lowest BCUT2D eigenvalue weighted by atomic mass is 10.3. The van der Waals surface area contributed by atoms with Gasteiger partial charge in [-0.25, -0.2) is 0 Å². The maximum Gasteiger partial charge on any atom is 0.235 e. The summed E-state index contributed by atoms with van der Waals surface area (Å²) in [5, 5.41) is 3.06. The molecule has 15 heavy (non-hydrogen) atoms. The minimum atomic E-state index is -0.291. The zero-order valence-electron chi connectivity index (χ0n) is 8.77. The maximum absolute atomic E-state index is 11.1. The van der Waals surface area contributed by atoms with Crippen LogP contribution in [-0.2, 0) is 4.79 Å². The van der Waals surface area contributed by atoms with E-state index in [-0.39, 0.29) is 11.9 Å². The monoisotopic (exact) mass is 224 g/mol. The summed E-state index contributed by atoms with van der Waals surface area (Å²) in [5.74, 6) is 0.382. The third-order valence-corrected chi connectivity index (χ3v) is 3.06. The standard InChI is InChI=1S/C11H16N2OS/c1-2-13-10(11(12)14)8-15-9-6-4-3-5-7-9/h3-7,10,13H,2,8H2,1H3,(H2,12,14). The van der Waals surface area contributed by atoms with Crippen molar-refractivity contribution in [1.82, 2.24) is 5.32 Å². The number of primary amides is 1. The molecule has 0 spiro atoms. The molecule has 3 nitrogen and oxygen atoms in total. The van der Waals surface area contributed by atoms with Gasteiger partial charge in [0.2, 0.25) is 5.91 Å². The SMILES string of the molecule is CCNC(CSc1ccccc1)C(N)=O. The van der Waals surface area contributed by atoms with E-state index < -0.39 is 0 Å². The summed E-state index contributed by atoms with van der Waals surface area (Å²) in [6.07, 6.45) is 0. The first-order valence-electron chi connectivity index (χ1n) is 4.94. The summed E-state index contributed by atoms with van der Waals surface area (Å²) in [6, 6.07) is 9.73. The number of hydrogen-bond donors (Lipinski definition) is 2. The Balaban J connectivity index is 2.43. The molecule has 1 unspecified atom stereocenters. The Hall–Kier alpha value is -1.00. The second-order valence-corrected chi connectivity index (χ2v) is 4.23. The van der Waals surface area contributed by atoms with E-state index in [2.05, 4.69) is 5.32 Å². The Bertz CT molecular complexity index is 303. The van der Waals surface area contributed by atoms with Crippen molar-refractivity contribution in [3.8, 4) is 0 Å². The second-order valence-electron chi connectivity index (χ2n) is 3.14. The number of carbonyl (C=O) groups excluding carboxylic acids is 1. The van der Waals surface area contributed by atoms with Crippen LogP contribution in [-0.4, -0.2) is 24.2 Å². The Labute approximate surface area is 94.4 Å². The van der Waals surface area contributed by atoms with Crippen molar-refractivity contribution in [3.63, 3.8) is 0 Å². The summed E-state index contributed by atoms with van der Waals surface area (Å²) >= 11 is 1.63. The highest BCUT2D eigenvalue weighted by atomic mass is 32.2. The number of likely N-dealkylation sites (N-methyl/N-ethyl adjacent to an activating group) is 1. The molecule has 0 fully saturated rings. The van der Waals surface area contributed by atoms with Crippen molar-refractivity contribution in [3.05, 3.63) is 30.3 Å². The molecule has 0 radical (unpaired) electrons. The van der Waals surface area contributed by atoms with E-state index >= 15 is 0 Å². The minimum Gasteiger partial charge on any atom is -0.368 e. The highest BCUT2D eigenvalue weighted by Crippen LogP contribution is 2.17. The summed E-state index contributed by atoms with van der Waals surface area (Å²) < 4.78 is 0. The first kappa shape index (κ1) is 12.1. The lowest BCUT2D eigenvalue weighted by Crippen LogP contribution is -2.42. The van der Waals surface area contributed by atoms with Gasteiger partial charge in [-0.15, -0.1) is 11.8 Å². The second kappa shape index (κ2) is 6.48. The summed E-state index contributed by atoms with van der Waals surface area (Å²) in [5.41, 5.74) is 5.27. The fraction of sp³-hybridized carbons (Fsp3) is 0.364. The molecule has 1 rings (SSSR count). The normalized spacial score (nSPS) is 12.3. The number of nitrogens with two attached hydrogens (primary N) is 1. The Morgan fingerprint density at radius 2 is 2.13 bits per heavy atom. The summed E-state index contributed by atoms with van der Waals surface area (Å²) in [4.78, 5) is 12.2. The van der Waals surface area contributed by atoms with Crippen LogP contribution in [0.15, 0.2) is 35.2 Å². The van der Waals surface area contributed by atoms with Crippen LogP contribution in [0.5, 0.6) is 0 Å². The summed E-state index contributed by atoms with van der Waals surface area (Å²) in [6.45, 7) is 2.71. The fourth-order valence-electron chi connectivity index (χ4n) is 1.18. The van der Waals surface area contributed by atoms with Gasteiger partial charge in [-0.05, 0) is 18.7 Å². The number of hydrogen-bond acceptors (Lipinski definition) is 3. The van der Waals surface area contributed by atoms with Crippen molar-refractivity contribution in [2.45, 2.75) is 17.9 Å². The molecule has 3 N–H and O–H groups in total. The van der Waals surface area contributed by atoms with Crippen LogP contribution in [0.25, 0.3) is 0 Å². The fourth-order valence-corrected chi connectivity index (χ4v) is 2.18. The molecule has 0 aliphatic carbocycles. The summed E-state index contributed by atoms with van der Waals surface area (Å²) in [7, 11) is 0. The van der Waals surface area contributed by atoms with Gasteiger partial charge in [-0.1, -0.05) is 25.1 Å². The van der Waals surface area contributed by atoms with Gasteiger partial charge in [0.05, 0.1) is 6.04 Å². The van der Waals surface area contributed by atoms with Crippen molar-refractivity contribution in [2.75, 3.05) is 12.3 Å². The molecule has 0 aromatic heterocycles. The minimum absolute atomic E-state index is 0.250. The predicted octanol–water partition coefficient (Wildman–Crippen LogP) is 1.24. The van der Waals surface area contributed by atoms with E-state index in [0.717, 1.165) is 11.4 Å². The molecule has 0 saturated heterocycles. The molecule has 1 aromatic carbocycles. The van der Waals surface area contributed by atoms with Crippen molar-refractivity contribution >= 4 is 17.7 Å². The zero-order chi connectivity index (χ0) is 11.1. The Morgan fingerprint density at radius 3 is 2.67 bits per heavy atom. The topological polar surface area (TPSA) is 55.1 Å². The molecular formula is C11H16N2OS. The zero-order valence-corrected chi connectivity index (χ0v) is 9.59. The van der Waals surface area contributed by atoms with Crippen LogP contribution in [0, 0.1) is 0 Å². The molecule has 1 amide bonds. The quantitative estimate of drug-likeness (QED) is 0.715. The third kappa shape index (κ3) is 4.36. The van der Waals surface area contributed by atoms with Gasteiger partial charge in [-0.2, -0.15) is 0 Å². The predicted molar refractivity (Wildman–Crippen MR) is 63.8 cm³/mol. The highest BCUT2D eigenvalue weighted by Gasteiger charge is 2.13. The molecule has 0 aliphatic heterocycles. The van der Waals surface area contributed by atoms with Crippen LogP contribution < -0.4 is 11.1 Å². The van der Waals surface area contributed by atoms with Crippen LogP contribution in [0.2, 0.25) is 0 Å². The van der Waals surface area contributed by atoms with E-state index in [1.165, 1.54) is 0 Å². The number of amides is 1. The smallest absolute Gasteiger partial charge is 0.235 e. The van der Waals surface area contributed by atoms with E-state index in [1.54, 1.807) is 11.8 Å². The van der Waals surface area contributed by atoms with Gasteiger partial charge in [0.25, 0.3) is 0 Å². The highest BCUT2D eigenvalue weighted by molar-refractivity contribution is 7.99. The first-order valence-corrected chi connectivity index (χ1v) is 5.93. The number of carbonyl (C=O) groups is 1. The number of benzene rings is 1. The molecule has 82 valence electrons. The average Bonchev–Trinajstić information content (AvgIpc) is 2.25. The molecule has 0 aliphatic rings. The third-order valence-electron chi connectivity index (χ3n) is 1.95. The van der Waals surface area contributed by atoms with E-state index in [1.807, 2.05) is 37.3 Å².